The Balaban J connectivity index is 2.05. The molecule has 2 heterocycles. The summed E-state index contributed by atoms with van der Waals surface area (Å²) in [6, 6.07) is 1.70. The van der Waals surface area contributed by atoms with E-state index in [9.17, 15) is 4.79 Å². The van der Waals surface area contributed by atoms with Crippen molar-refractivity contribution in [2.45, 2.75) is 26.8 Å². The fraction of sp³-hybridized carbons (Fsp3) is 0.647. The minimum absolute atomic E-state index is 0.381. The first-order valence-electron chi connectivity index (χ1n) is 8.28. The van der Waals surface area contributed by atoms with Crippen LogP contribution in [0.1, 0.15) is 35.2 Å². The number of rotatable bonds is 6. The molecule has 7 heteroatoms. The Morgan fingerprint density at radius 2 is 2.29 bits per heavy atom. The summed E-state index contributed by atoms with van der Waals surface area (Å²) in [5.41, 5.74) is 0.453. The molecule has 0 aliphatic carbocycles. The maximum Gasteiger partial charge on any atom is 0.341 e. The molecule has 0 aromatic carbocycles. The summed E-state index contributed by atoms with van der Waals surface area (Å²) in [6.07, 6.45) is 1.10. The van der Waals surface area contributed by atoms with Gasteiger partial charge in [0.1, 0.15) is 23.6 Å². The standard InChI is InChI=1S/C17H27N3O4/c1-5-18-17(20-7-6-13(10-20)11-22-3)19-9-14-8-15(12(2)24-14)16(21)23-4/h8,13H,5-7,9-11H2,1-4H3,(H,18,19). The van der Waals surface area contributed by atoms with Gasteiger partial charge >= 0.3 is 5.97 Å². The molecule has 1 fully saturated rings. The Morgan fingerprint density at radius 3 is 2.96 bits per heavy atom. The van der Waals surface area contributed by atoms with E-state index in [1.165, 1.54) is 7.11 Å². The number of furan rings is 1. The number of nitrogens with one attached hydrogen (secondary N) is 1. The molecule has 1 aliphatic heterocycles. The Labute approximate surface area is 143 Å². The van der Waals surface area contributed by atoms with E-state index in [1.54, 1.807) is 20.1 Å². The monoisotopic (exact) mass is 337 g/mol. The number of aryl methyl sites for hydroxylation is 1. The van der Waals surface area contributed by atoms with Gasteiger partial charge in [0, 0.05) is 32.7 Å². The van der Waals surface area contributed by atoms with Crippen molar-refractivity contribution >= 4 is 11.9 Å². The van der Waals surface area contributed by atoms with Crippen LogP contribution < -0.4 is 5.32 Å². The normalized spacial score (nSPS) is 18.1. The van der Waals surface area contributed by atoms with Crippen LogP contribution >= 0.6 is 0 Å². The average Bonchev–Trinajstić information content (AvgIpc) is 3.18. The molecule has 1 aromatic heterocycles. The molecule has 1 saturated heterocycles. The first-order valence-corrected chi connectivity index (χ1v) is 8.28. The van der Waals surface area contributed by atoms with Gasteiger partial charge < -0.3 is 24.1 Å². The highest BCUT2D eigenvalue weighted by Gasteiger charge is 2.24. The van der Waals surface area contributed by atoms with E-state index in [0.29, 0.717) is 29.5 Å². The predicted octanol–water partition coefficient (Wildman–Crippen LogP) is 1.81. The van der Waals surface area contributed by atoms with Crippen molar-refractivity contribution in [2.75, 3.05) is 40.5 Å². The number of esters is 1. The lowest BCUT2D eigenvalue weighted by atomic mass is 10.1. The van der Waals surface area contributed by atoms with Crippen LogP contribution in [0.4, 0.5) is 0 Å². The van der Waals surface area contributed by atoms with Gasteiger partial charge in [0.15, 0.2) is 5.96 Å². The number of methoxy groups -OCH3 is 2. The fourth-order valence-electron chi connectivity index (χ4n) is 2.91. The lowest BCUT2D eigenvalue weighted by Gasteiger charge is -2.21. The number of nitrogens with zero attached hydrogens (tertiary/aromatic N) is 2. The Kier molecular flexibility index (Phi) is 6.66. The molecular weight excluding hydrogens is 310 g/mol. The molecule has 0 amide bonds. The molecule has 0 bridgehead atoms. The van der Waals surface area contributed by atoms with Gasteiger partial charge in [0.2, 0.25) is 0 Å². The van der Waals surface area contributed by atoms with Gasteiger partial charge in [0.25, 0.3) is 0 Å². The Bertz CT molecular complexity index is 582. The van der Waals surface area contributed by atoms with Gasteiger partial charge in [-0.3, -0.25) is 0 Å². The van der Waals surface area contributed by atoms with E-state index in [4.69, 9.17) is 13.9 Å². The number of carbonyl (C=O) groups excluding carboxylic acids is 1. The molecule has 134 valence electrons. The minimum Gasteiger partial charge on any atom is -0.465 e. The summed E-state index contributed by atoms with van der Waals surface area (Å²) in [5.74, 6) is 2.22. The van der Waals surface area contributed by atoms with Crippen molar-refractivity contribution in [3.8, 4) is 0 Å². The molecule has 2 rings (SSSR count). The van der Waals surface area contributed by atoms with Crippen molar-refractivity contribution in [3.05, 3.63) is 23.2 Å². The number of guanidine groups is 1. The SMILES string of the molecule is CCNC(=NCc1cc(C(=O)OC)c(C)o1)N1CCC(COC)C1. The van der Waals surface area contributed by atoms with Crippen molar-refractivity contribution in [2.24, 2.45) is 10.9 Å². The number of carbonyl (C=O) groups is 1. The number of hydrogen-bond donors (Lipinski definition) is 1. The largest absolute Gasteiger partial charge is 0.465 e. The van der Waals surface area contributed by atoms with Crippen molar-refractivity contribution in [1.29, 1.82) is 0 Å². The smallest absolute Gasteiger partial charge is 0.341 e. The summed E-state index contributed by atoms with van der Waals surface area (Å²) in [7, 11) is 3.10. The van der Waals surface area contributed by atoms with E-state index >= 15 is 0 Å². The molecule has 1 unspecified atom stereocenters. The van der Waals surface area contributed by atoms with Crippen molar-refractivity contribution < 1.29 is 18.7 Å². The van der Waals surface area contributed by atoms with Crippen LogP contribution in [0.15, 0.2) is 15.5 Å². The number of aliphatic imine (C=N–C) groups is 1. The molecule has 1 aromatic rings. The highest BCUT2D eigenvalue weighted by molar-refractivity contribution is 5.90. The van der Waals surface area contributed by atoms with E-state index in [-0.39, 0.29) is 5.97 Å². The molecule has 1 atom stereocenters. The summed E-state index contributed by atoms with van der Waals surface area (Å²) in [4.78, 5) is 18.5. The second-order valence-corrected chi connectivity index (χ2v) is 5.90. The van der Waals surface area contributed by atoms with Gasteiger partial charge in [-0.05, 0) is 26.3 Å². The highest BCUT2D eigenvalue weighted by atomic mass is 16.5. The van der Waals surface area contributed by atoms with Crippen LogP contribution in [0.3, 0.4) is 0 Å². The number of likely N-dealkylation sites (tertiary alicyclic amines) is 1. The Morgan fingerprint density at radius 1 is 1.50 bits per heavy atom. The van der Waals surface area contributed by atoms with E-state index < -0.39 is 0 Å². The molecule has 7 nitrogen and oxygen atoms in total. The predicted molar refractivity (Wildman–Crippen MR) is 91.2 cm³/mol. The minimum atomic E-state index is -0.389. The second kappa shape index (κ2) is 8.73. The zero-order valence-electron chi connectivity index (χ0n) is 14.9. The quantitative estimate of drug-likeness (QED) is 0.485. The molecular formula is C17H27N3O4. The first-order chi connectivity index (χ1) is 11.6. The fourth-order valence-corrected chi connectivity index (χ4v) is 2.91. The maximum absolute atomic E-state index is 11.6. The lowest BCUT2D eigenvalue weighted by Crippen LogP contribution is -2.40. The molecule has 1 N–H and O–H groups in total. The third-order valence-electron chi connectivity index (χ3n) is 4.08. The highest BCUT2D eigenvalue weighted by Crippen LogP contribution is 2.18. The second-order valence-electron chi connectivity index (χ2n) is 5.90. The average molecular weight is 337 g/mol. The Hall–Kier alpha value is -2.02. The maximum atomic E-state index is 11.6. The lowest BCUT2D eigenvalue weighted by molar-refractivity contribution is 0.0599. The van der Waals surface area contributed by atoms with Crippen LogP contribution in [0, 0.1) is 12.8 Å². The zero-order valence-corrected chi connectivity index (χ0v) is 14.9. The van der Waals surface area contributed by atoms with Crippen LogP contribution in [0.2, 0.25) is 0 Å². The van der Waals surface area contributed by atoms with Gasteiger partial charge in [-0.15, -0.1) is 0 Å². The zero-order chi connectivity index (χ0) is 17.5. The summed E-state index contributed by atoms with van der Waals surface area (Å²) >= 11 is 0. The first kappa shape index (κ1) is 18.3. The van der Waals surface area contributed by atoms with Crippen LogP contribution in [0.25, 0.3) is 0 Å². The number of hydrogen-bond acceptors (Lipinski definition) is 5. The third kappa shape index (κ3) is 4.50. The summed E-state index contributed by atoms with van der Waals surface area (Å²) < 4.78 is 15.6. The molecule has 0 spiro atoms. The molecule has 0 radical (unpaired) electrons. The number of ether oxygens (including phenoxy) is 2. The van der Waals surface area contributed by atoms with E-state index in [0.717, 1.165) is 38.6 Å². The van der Waals surface area contributed by atoms with E-state index in [1.807, 2.05) is 6.92 Å². The third-order valence-corrected chi connectivity index (χ3v) is 4.08. The summed E-state index contributed by atoms with van der Waals surface area (Å²) in [6.45, 7) is 7.65. The topological polar surface area (TPSA) is 76.3 Å². The van der Waals surface area contributed by atoms with Crippen LogP contribution in [-0.4, -0.2) is 57.3 Å². The van der Waals surface area contributed by atoms with Gasteiger partial charge in [-0.1, -0.05) is 0 Å². The molecule has 0 saturated carbocycles. The molecule has 24 heavy (non-hydrogen) atoms. The van der Waals surface area contributed by atoms with Gasteiger partial charge in [0.05, 0.1) is 13.7 Å². The molecule has 1 aliphatic rings. The van der Waals surface area contributed by atoms with Crippen LogP contribution in [-0.2, 0) is 16.0 Å². The van der Waals surface area contributed by atoms with Crippen LogP contribution in [0.5, 0.6) is 0 Å². The van der Waals surface area contributed by atoms with Gasteiger partial charge in [-0.25, -0.2) is 9.79 Å². The van der Waals surface area contributed by atoms with E-state index in [2.05, 4.69) is 15.2 Å². The summed E-state index contributed by atoms with van der Waals surface area (Å²) in [5, 5.41) is 3.31. The van der Waals surface area contributed by atoms with Crippen molar-refractivity contribution in [3.63, 3.8) is 0 Å². The van der Waals surface area contributed by atoms with Crippen molar-refractivity contribution in [1.82, 2.24) is 10.2 Å². The van der Waals surface area contributed by atoms with Gasteiger partial charge in [-0.2, -0.15) is 0 Å².